The zero-order valence-corrected chi connectivity index (χ0v) is 11.9. The van der Waals surface area contributed by atoms with Gasteiger partial charge in [0.1, 0.15) is 0 Å². The average molecular weight is 254 g/mol. The highest BCUT2D eigenvalue weighted by molar-refractivity contribution is 5.76. The summed E-state index contributed by atoms with van der Waals surface area (Å²) in [5.41, 5.74) is 5.71. The molecule has 1 aliphatic carbocycles. The molecule has 1 unspecified atom stereocenters. The van der Waals surface area contributed by atoms with Crippen molar-refractivity contribution < 1.29 is 4.79 Å². The Bertz CT molecular complexity index is 223. The van der Waals surface area contributed by atoms with Gasteiger partial charge in [0, 0.05) is 19.0 Å². The molecule has 3 heteroatoms. The standard InChI is InChI=1S/C15H30N2O/c1-2-3-10-14(12-16)17-15(18)11-13-8-6-4-5-7-9-13/h13-14H,2-12,16H2,1H3,(H,17,18). The molecule has 0 aromatic heterocycles. The molecule has 0 aromatic carbocycles. The number of carbonyl (C=O) groups excluding carboxylic acids is 1. The molecule has 0 spiro atoms. The van der Waals surface area contributed by atoms with E-state index in [0.717, 1.165) is 19.3 Å². The summed E-state index contributed by atoms with van der Waals surface area (Å²) in [6, 6.07) is 0.184. The van der Waals surface area contributed by atoms with E-state index in [-0.39, 0.29) is 11.9 Å². The molecule has 106 valence electrons. The van der Waals surface area contributed by atoms with Gasteiger partial charge >= 0.3 is 0 Å². The van der Waals surface area contributed by atoms with Crippen molar-refractivity contribution in [3.63, 3.8) is 0 Å². The number of rotatable bonds is 7. The van der Waals surface area contributed by atoms with E-state index in [2.05, 4.69) is 12.2 Å². The second kappa shape index (κ2) is 9.37. The van der Waals surface area contributed by atoms with Gasteiger partial charge in [0.2, 0.25) is 5.91 Å². The van der Waals surface area contributed by atoms with E-state index in [0.29, 0.717) is 18.9 Å². The monoisotopic (exact) mass is 254 g/mol. The number of nitrogens with two attached hydrogens (primary N) is 1. The molecule has 0 heterocycles. The van der Waals surface area contributed by atoms with E-state index in [1.165, 1.54) is 38.5 Å². The summed E-state index contributed by atoms with van der Waals surface area (Å²) in [4.78, 5) is 12.0. The Hall–Kier alpha value is -0.570. The van der Waals surface area contributed by atoms with Crippen LogP contribution >= 0.6 is 0 Å². The third-order valence-corrected chi connectivity index (χ3v) is 4.00. The molecule has 1 rings (SSSR count). The molecule has 3 N–H and O–H groups in total. The summed E-state index contributed by atoms with van der Waals surface area (Å²) < 4.78 is 0. The first-order chi connectivity index (χ1) is 8.76. The highest BCUT2D eigenvalue weighted by atomic mass is 16.1. The van der Waals surface area contributed by atoms with Crippen LogP contribution in [-0.2, 0) is 4.79 Å². The van der Waals surface area contributed by atoms with Crippen molar-refractivity contribution in [2.75, 3.05) is 6.54 Å². The lowest BCUT2D eigenvalue weighted by Gasteiger charge is -2.19. The largest absolute Gasteiger partial charge is 0.352 e. The first kappa shape index (κ1) is 15.5. The van der Waals surface area contributed by atoms with Crippen LogP contribution in [0.2, 0.25) is 0 Å². The first-order valence-corrected chi connectivity index (χ1v) is 7.75. The van der Waals surface area contributed by atoms with Crippen molar-refractivity contribution in [2.45, 2.75) is 77.2 Å². The molecule has 0 radical (unpaired) electrons. The van der Waals surface area contributed by atoms with Gasteiger partial charge in [-0.05, 0) is 25.2 Å². The highest BCUT2D eigenvalue weighted by Crippen LogP contribution is 2.25. The number of nitrogens with one attached hydrogen (secondary N) is 1. The van der Waals surface area contributed by atoms with Crippen molar-refractivity contribution >= 4 is 5.91 Å². The van der Waals surface area contributed by atoms with E-state index < -0.39 is 0 Å². The lowest BCUT2D eigenvalue weighted by molar-refractivity contribution is -0.122. The Morgan fingerprint density at radius 2 is 1.94 bits per heavy atom. The van der Waals surface area contributed by atoms with Crippen molar-refractivity contribution in [1.82, 2.24) is 5.32 Å². The van der Waals surface area contributed by atoms with Gasteiger partial charge < -0.3 is 11.1 Å². The maximum atomic E-state index is 12.0. The quantitative estimate of drug-likeness (QED) is 0.686. The third-order valence-electron chi connectivity index (χ3n) is 4.00. The zero-order chi connectivity index (χ0) is 13.2. The predicted molar refractivity (Wildman–Crippen MR) is 76.3 cm³/mol. The van der Waals surface area contributed by atoms with Crippen LogP contribution in [-0.4, -0.2) is 18.5 Å². The molecule has 1 saturated carbocycles. The summed E-state index contributed by atoms with van der Waals surface area (Å²) in [6.45, 7) is 2.73. The van der Waals surface area contributed by atoms with Gasteiger partial charge in [0.05, 0.1) is 0 Å². The molecule has 0 bridgehead atoms. The molecule has 0 aliphatic heterocycles. The Morgan fingerprint density at radius 1 is 1.28 bits per heavy atom. The average Bonchev–Trinajstić information content (AvgIpc) is 2.63. The highest BCUT2D eigenvalue weighted by Gasteiger charge is 2.17. The van der Waals surface area contributed by atoms with Crippen LogP contribution < -0.4 is 11.1 Å². The van der Waals surface area contributed by atoms with Crippen LogP contribution in [0.15, 0.2) is 0 Å². The van der Waals surface area contributed by atoms with Gasteiger partial charge in [0.25, 0.3) is 0 Å². The van der Waals surface area contributed by atoms with Crippen molar-refractivity contribution in [2.24, 2.45) is 11.7 Å². The minimum absolute atomic E-state index is 0.184. The molecule has 0 aromatic rings. The fraction of sp³-hybridized carbons (Fsp3) is 0.933. The molecule has 18 heavy (non-hydrogen) atoms. The summed E-state index contributed by atoms with van der Waals surface area (Å²) in [6.07, 6.45) is 11.8. The number of carbonyl (C=O) groups is 1. The van der Waals surface area contributed by atoms with E-state index in [1.807, 2.05) is 0 Å². The lowest BCUT2D eigenvalue weighted by Crippen LogP contribution is -2.40. The van der Waals surface area contributed by atoms with Crippen LogP contribution in [0.1, 0.15) is 71.1 Å². The van der Waals surface area contributed by atoms with Crippen molar-refractivity contribution in [3.05, 3.63) is 0 Å². The minimum atomic E-state index is 0.184. The van der Waals surface area contributed by atoms with Crippen molar-refractivity contribution in [3.8, 4) is 0 Å². The van der Waals surface area contributed by atoms with Crippen molar-refractivity contribution in [1.29, 1.82) is 0 Å². The number of hydrogen-bond donors (Lipinski definition) is 2. The topological polar surface area (TPSA) is 55.1 Å². The van der Waals surface area contributed by atoms with Crippen LogP contribution in [0.5, 0.6) is 0 Å². The maximum absolute atomic E-state index is 12.0. The summed E-state index contributed by atoms with van der Waals surface area (Å²) in [7, 11) is 0. The van der Waals surface area contributed by atoms with Gasteiger partial charge in [0.15, 0.2) is 0 Å². The molecule has 1 atom stereocenters. The lowest BCUT2D eigenvalue weighted by atomic mass is 9.96. The van der Waals surface area contributed by atoms with E-state index in [9.17, 15) is 4.79 Å². The van der Waals surface area contributed by atoms with Gasteiger partial charge in [-0.1, -0.05) is 45.4 Å². The number of hydrogen-bond acceptors (Lipinski definition) is 2. The Kier molecular flexibility index (Phi) is 8.06. The predicted octanol–water partition coefficient (Wildman–Crippen LogP) is 2.98. The van der Waals surface area contributed by atoms with Crippen LogP contribution in [0.25, 0.3) is 0 Å². The van der Waals surface area contributed by atoms with Gasteiger partial charge in [-0.15, -0.1) is 0 Å². The van der Waals surface area contributed by atoms with Crippen LogP contribution in [0.3, 0.4) is 0 Å². The Labute approximate surface area is 112 Å². The molecule has 1 aliphatic rings. The third kappa shape index (κ3) is 6.39. The van der Waals surface area contributed by atoms with Crippen LogP contribution in [0.4, 0.5) is 0 Å². The SMILES string of the molecule is CCCCC(CN)NC(=O)CC1CCCCCC1. The zero-order valence-electron chi connectivity index (χ0n) is 11.9. The number of amides is 1. The minimum Gasteiger partial charge on any atom is -0.352 e. The Morgan fingerprint density at radius 3 is 2.50 bits per heavy atom. The maximum Gasteiger partial charge on any atom is 0.220 e. The molecule has 1 amide bonds. The summed E-state index contributed by atoms with van der Waals surface area (Å²) in [5, 5.41) is 3.11. The summed E-state index contributed by atoms with van der Waals surface area (Å²) in [5.74, 6) is 0.825. The van der Waals surface area contributed by atoms with Gasteiger partial charge in [-0.2, -0.15) is 0 Å². The normalized spacial score (nSPS) is 19.2. The van der Waals surface area contributed by atoms with Crippen LogP contribution in [0, 0.1) is 5.92 Å². The fourth-order valence-corrected chi connectivity index (χ4v) is 2.82. The first-order valence-electron chi connectivity index (χ1n) is 7.75. The van der Waals surface area contributed by atoms with E-state index in [1.54, 1.807) is 0 Å². The Balaban J connectivity index is 2.25. The van der Waals surface area contributed by atoms with E-state index in [4.69, 9.17) is 5.73 Å². The smallest absolute Gasteiger partial charge is 0.220 e. The molecule has 1 fully saturated rings. The second-order valence-electron chi connectivity index (χ2n) is 5.70. The van der Waals surface area contributed by atoms with Gasteiger partial charge in [-0.25, -0.2) is 0 Å². The molecule has 0 saturated heterocycles. The molecular weight excluding hydrogens is 224 g/mol. The molecule has 3 nitrogen and oxygen atoms in total. The second-order valence-corrected chi connectivity index (χ2v) is 5.70. The molecular formula is C15H30N2O. The van der Waals surface area contributed by atoms with Gasteiger partial charge in [-0.3, -0.25) is 4.79 Å². The summed E-state index contributed by atoms with van der Waals surface area (Å²) >= 11 is 0. The number of unbranched alkanes of at least 4 members (excludes halogenated alkanes) is 1. The fourth-order valence-electron chi connectivity index (χ4n) is 2.82. The van der Waals surface area contributed by atoms with E-state index >= 15 is 0 Å².